The molecule has 0 bridgehead atoms. The maximum atomic E-state index is 12.7. The molecule has 2 aromatic rings. The predicted molar refractivity (Wildman–Crippen MR) is 115 cm³/mol. The van der Waals surface area contributed by atoms with Crippen molar-refractivity contribution in [2.24, 2.45) is 7.05 Å². The molecule has 1 saturated carbocycles. The minimum absolute atomic E-state index is 0.147. The summed E-state index contributed by atoms with van der Waals surface area (Å²) in [6, 6.07) is 4.95. The molecule has 12 heteroatoms. The zero-order valence-corrected chi connectivity index (χ0v) is 18.6. The molecule has 0 spiro atoms. The minimum atomic E-state index is -4.47. The molecule has 160 valence electrons. The number of rotatable bonds is 7. The maximum Gasteiger partial charge on any atom is 0.447 e. The number of hydrogen-bond acceptors (Lipinski definition) is 5. The third-order valence-corrected chi connectivity index (χ3v) is 6.20. The standard InChI is InChI=1S/C18H16BrClF3N5OS/c1-28-15(14(19)17(27-28)30-18(21,22)23)25-8-10(7-24)9-2-5-13(20)12(6-9)16(29)26-11-3-4-11/h2,5-8,11,24-25H,3-4H2,1H3,(H,26,29)/b10-8+,24-7?. The van der Waals surface area contributed by atoms with Gasteiger partial charge in [0.05, 0.1) is 15.1 Å². The fourth-order valence-electron chi connectivity index (χ4n) is 2.53. The molecule has 0 saturated heterocycles. The van der Waals surface area contributed by atoms with E-state index in [4.69, 9.17) is 17.0 Å². The summed E-state index contributed by atoms with van der Waals surface area (Å²) < 4.78 is 39.4. The second kappa shape index (κ2) is 9.03. The monoisotopic (exact) mass is 521 g/mol. The first-order valence-electron chi connectivity index (χ1n) is 8.65. The zero-order chi connectivity index (χ0) is 22.1. The zero-order valence-electron chi connectivity index (χ0n) is 15.5. The van der Waals surface area contributed by atoms with Gasteiger partial charge in [-0.15, -0.1) is 0 Å². The van der Waals surface area contributed by atoms with E-state index < -0.39 is 5.51 Å². The van der Waals surface area contributed by atoms with Crippen molar-refractivity contribution in [1.29, 1.82) is 5.41 Å². The van der Waals surface area contributed by atoms with Crippen LogP contribution in [0.1, 0.15) is 28.8 Å². The van der Waals surface area contributed by atoms with E-state index in [-0.39, 0.29) is 44.1 Å². The summed E-state index contributed by atoms with van der Waals surface area (Å²) in [6.07, 6.45) is 4.39. The minimum Gasteiger partial charge on any atom is -0.349 e. The summed E-state index contributed by atoms with van der Waals surface area (Å²) in [6.45, 7) is 0. The second-order valence-corrected chi connectivity index (χ2v) is 8.72. The van der Waals surface area contributed by atoms with Crippen molar-refractivity contribution in [2.45, 2.75) is 29.4 Å². The number of halogens is 5. The first-order valence-corrected chi connectivity index (χ1v) is 10.6. The van der Waals surface area contributed by atoms with E-state index in [1.54, 1.807) is 18.2 Å². The fourth-order valence-corrected chi connectivity index (χ4v) is 3.99. The van der Waals surface area contributed by atoms with Crippen LogP contribution in [0.4, 0.5) is 19.0 Å². The Kier molecular flexibility index (Phi) is 6.83. The molecule has 3 N–H and O–H groups in total. The summed E-state index contributed by atoms with van der Waals surface area (Å²) in [5.41, 5.74) is -3.24. The molecule has 1 fully saturated rings. The van der Waals surface area contributed by atoms with E-state index in [1.165, 1.54) is 17.9 Å². The van der Waals surface area contributed by atoms with Gasteiger partial charge in [-0.1, -0.05) is 17.7 Å². The average Bonchev–Trinajstić information content (AvgIpc) is 3.43. The highest BCUT2D eigenvalue weighted by Crippen LogP contribution is 2.42. The molecular weight excluding hydrogens is 507 g/mol. The molecule has 3 rings (SSSR count). The molecule has 6 nitrogen and oxygen atoms in total. The highest BCUT2D eigenvalue weighted by molar-refractivity contribution is 9.10. The van der Waals surface area contributed by atoms with Gasteiger partial charge in [-0.05, 0) is 46.5 Å². The van der Waals surface area contributed by atoms with Gasteiger partial charge in [0.25, 0.3) is 5.91 Å². The number of carbonyl (C=O) groups excluding carboxylic acids is 1. The lowest BCUT2D eigenvalue weighted by Gasteiger charge is -2.10. The highest BCUT2D eigenvalue weighted by atomic mass is 79.9. The number of hydrogen-bond donors (Lipinski definition) is 3. The SMILES string of the molecule is Cn1nc(SC(F)(F)F)c(Br)c1N/C=C(\C=N)c1ccc(Cl)c(C(=O)NC2CC2)c1. The smallest absolute Gasteiger partial charge is 0.349 e. The van der Waals surface area contributed by atoms with Gasteiger partial charge in [0.1, 0.15) is 10.8 Å². The number of nitrogens with zero attached hydrogens (tertiary/aromatic N) is 2. The van der Waals surface area contributed by atoms with Crippen LogP contribution in [0.15, 0.2) is 33.9 Å². The fraction of sp³-hybridized carbons (Fsp3) is 0.278. The lowest BCUT2D eigenvalue weighted by Crippen LogP contribution is -2.25. The topological polar surface area (TPSA) is 82.8 Å². The largest absolute Gasteiger partial charge is 0.447 e. The third-order valence-electron chi connectivity index (χ3n) is 4.15. The van der Waals surface area contributed by atoms with Crippen LogP contribution >= 0.6 is 39.3 Å². The summed E-state index contributed by atoms with van der Waals surface area (Å²) >= 11 is 8.95. The Hall–Kier alpha value is -1.98. The Labute approximate surface area is 187 Å². The number of amides is 1. The Balaban J connectivity index is 1.84. The maximum absolute atomic E-state index is 12.7. The van der Waals surface area contributed by atoms with Crippen molar-refractivity contribution in [1.82, 2.24) is 15.1 Å². The molecule has 1 heterocycles. The summed E-state index contributed by atoms with van der Waals surface area (Å²) in [5, 5.41) is 17.3. The van der Waals surface area contributed by atoms with Crippen LogP contribution in [0.3, 0.4) is 0 Å². The van der Waals surface area contributed by atoms with E-state index in [0.717, 1.165) is 19.1 Å². The second-order valence-electron chi connectivity index (χ2n) is 6.47. The number of aryl methyl sites for hydroxylation is 1. The van der Waals surface area contributed by atoms with Crippen LogP contribution in [-0.2, 0) is 7.05 Å². The van der Waals surface area contributed by atoms with Crippen molar-refractivity contribution in [3.8, 4) is 0 Å². The van der Waals surface area contributed by atoms with Crippen LogP contribution in [0.25, 0.3) is 5.57 Å². The van der Waals surface area contributed by atoms with E-state index in [0.29, 0.717) is 16.7 Å². The number of carbonyl (C=O) groups is 1. The first kappa shape index (κ1) is 22.7. The Bertz CT molecular complexity index is 1020. The molecule has 0 radical (unpaired) electrons. The van der Waals surface area contributed by atoms with Crippen LogP contribution in [0.5, 0.6) is 0 Å². The van der Waals surface area contributed by atoms with Crippen molar-refractivity contribution in [2.75, 3.05) is 5.32 Å². The van der Waals surface area contributed by atoms with Crippen LogP contribution in [0.2, 0.25) is 5.02 Å². The lowest BCUT2D eigenvalue weighted by molar-refractivity contribution is -0.0329. The van der Waals surface area contributed by atoms with Gasteiger partial charge in [-0.2, -0.15) is 18.3 Å². The predicted octanol–water partition coefficient (Wildman–Crippen LogP) is 5.44. The van der Waals surface area contributed by atoms with E-state index in [2.05, 4.69) is 31.7 Å². The number of alkyl halides is 3. The summed E-state index contributed by atoms with van der Waals surface area (Å²) in [5.74, 6) is -0.00778. The summed E-state index contributed by atoms with van der Waals surface area (Å²) in [4.78, 5) is 12.4. The Morgan fingerprint density at radius 1 is 1.43 bits per heavy atom. The highest BCUT2D eigenvalue weighted by Gasteiger charge is 2.33. The molecule has 0 unspecified atom stereocenters. The van der Waals surface area contributed by atoms with E-state index >= 15 is 0 Å². The van der Waals surface area contributed by atoms with Gasteiger partial charge in [-0.25, -0.2) is 0 Å². The molecule has 1 aliphatic rings. The Morgan fingerprint density at radius 2 is 2.13 bits per heavy atom. The normalized spacial score (nSPS) is 14.5. The van der Waals surface area contributed by atoms with E-state index in [9.17, 15) is 18.0 Å². The quantitative estimate of drug-likeness (QED) is 0.334. The van der Waals surface area contributed by atoms with Crippen LogP contribution in [-0.4, -0.2) is 33.5 Å². The number of aromatic nitrogens is 2. The molecule has 1 aromatic heterocycles. The van der Waals surface area contributed by atoms with Crippen LogP contribution < -0.4 is 10.6 Å². The molecule has 1 amide bonds. The van der Waals surface area contributed by atoms with Crippen molar-refractivity contribution < 1.29 is 18.0 Å². The summed E-state index contributed by atoms with van der Waals surface area (Å²) in [7, 11) is 1.49. The van der Waals surface area contributed by atoms with Gasteiger partial charge in [0.2, 0.25) is 0 Å². The third kappa shape index (κ3) is 5.58. The van der Waals surface area contributed by atoms with Gasteiger partial charge < -0.3 is 16.0 Å². The molecule has 30 heavy (non-hydrogen) atoms. The van der Waals surface area contributed by atoms with Gasteiger partial charge in [0.15, 0.2) is 0 Å². The molecule has 1 aliphatic carbocycles. The van der Waals surface area contributed by atoms with Crippen LogP contribution in [0, 0.1) is 5.41 Å². The number of benzene rings is 1. The first-order chi connectivity index (χ1) is 14.1. The van der Waals surface area contributed by atoms with Crippen molar-refractivity contribution in [3.05, 3.63) is 45.0 Å². The lowest BCUT2D eigenvalue weighted by atomic mass is 10.0. The van der Waals surface area contributed by atoms with Crippen molar-refractivity contribution >= 4 is 62.8 Å². The van der Waals surface area contributed by atoms with Gasteiger partial charge >= 0.3 is 5.51 Å². The average molecular weight is 523 g/mol. The number of thioether (sulfide) groups is 1. The molecule has 0 aliphatic heterocycles. The molecular formula is C18H16BrClF3N5OS. The number of nitrogens with one attached hydrogen (secondary N) is 3. The number of anilines is 1. The molecule has 1 aromatic carbocycles. The molecule has 0 atom stereocenters. The van der Waals surface area contributed by atoms with Gasteiger partial charge in [-0.3, -0.25) is 9.48 Å². The van der Waals surface area contributed by atoms with Crippen molar-refractivity contribution in [3.63, 3.8) is 0 Å². The van der Waals surface area contributed by atoms with E-state index in [1.807, 2.05) is 0 Å². The van der Waals surface area contributed by atoms with Gasteiger partial charge in [0, 0.05) is 42.8 Å². The Morgan fingerprint density at radius 3 is 2.73 bits per heavy atom. The number of allylic oxidation sites excluding steroid dienone is 1.